The van der Waals surface area contributed by atoms with Crippen molar-refractivity contribution in [1.82, 2.24) is 25.5 Å². The number of hydrogen-bond donors (Lipinski definition) is 1. The molecule has 0 saturated carbocycles. The monoisotopic (exact) mass is 396 g/mol. The van der Waals surface area contributed by atoms with Gasteiger partial charge in [-0.3, -0.25) is 4.79 Å². The van der Waals surface area contributed by atoms with Crippen molar-refractivity contribution in [3.8, 4) is 5.69 Å². The standard InChI is InChI=1S/C20H24N6OS/c1-14-6-5-7-18(15(14)2)26-20(22-23-24-26)28-13-19(27)21-12-16-8-10-17(11-9-16)25(3)4/h5-11H,12-13H2,1-4H3,(H,21,27). The minimum absolute atomic E-state index is 0.0581. The number of carbonyl (C=O) groups is 1. The Labute approximate surface area is 169 Å². The molecule has 1 heterocycles. The summed E-state index contributed by atoms with van der Waals surface area (Å²) in [7, 11) is 4.00. The molecule has 0 unspecified atom stereocenters. The fraction of sp³-hybridized carbons (Fsp3) is 0.300. The molecule has 3 aromatic rings. The van der Waals surface area contributed by atoms with Gasteiger partial charge in [0, 0.05) is 26.3 Å². The molecule has 8 heteroatoms. The SMILES string of the molecule is Cc1cccc(-n2nnnc2SCC(=O)NCc2ccc(N(C)C)cc2)c1C. The first-order chi connectivity index (χ1) is 13.5. The van der Waals surface area contributed by atoms with Gasteiger partial charge in [0.2, 0.25) is 11.1 Å². The predicted octanol–water partition coefficient (Wildman–Crippen LogP) is 2.75. The summed E-state index contributed by atoms with van der Waals surface area (Å²) in [5.41, 5.74) is 5.39. The number of benzene rings is 2. The molecule has 3 rings (SSSR count). The smallest absolute Gasteiger partial charge is 0.230 e. The van der Waals surface area contributed by atoms with Gasteiger partial charge in [0.25, 0.3) is 0 Å². The van der Waals surface area contributed by atoms with Crippen molar-refractivity contribution in [2.24, 2.45) is 0 Å². The van der Waals surface area contributed by atoms with Crippen LogP contribution < -0.4 is 10.2 Å². The van der Waals surface area contributed by atoms with E-state index >= 15 is 0 Å². The Balaban J connectivity index is 1.57. The van der Waals surface area contributed by atoms with Crippen molar-refractivity contribution in [2.75, 3.05) is 24.7 Å². The summed E-state index contributed by atoms with van der Waals surface area (Å²) in [6.45, 7) is 4.58. The van der Waals surface area contributed by atoms with Crippen molar-refractivity contribution in [2.45, 2.75) is 25.5 Å². The third-order valence-corrected chi connectivity index (χ3v) is 5.44. The van der Waals surface area contributed by atoms with Gasteiger partial charge in [-0.2, -0.15) is 4.68 Å². The van der Waals surface area contributed by atoms with Gasteiger partial charge in [-0.15, -0.1) is 5.10 Å². The number of aryl methyl sites for hydroxylation is 1. The van der Waals surface area contributed by atoms with E-state index in [4.69, 9.17) is 0 Å². The number of anilines is 1. The largest absolute Gasteiger partial charge is 0.378 e. The Morgan fingerprint density at radius 2 is 1.89 bits per heavy atom. The van der Waals surface area contributed by atoms with Crippen LogP contribution in [0.25, 0.3) is 5.69 Å². The van der Waals surface area contributed by atoms with E-state index in [0.717, 1.165) is 22.5 Å². The first-order valence-electron chi connectivity index (χ1n) is 8.96. The predicted molar refractivity (Wildman–Crippen MR) is 112 cm³/mol. The Morgan fingerprint density at radius 1 is 1.14 bits per heavy atom. The van der Waals surface area contributed by atoms with Gasteiger partial charge >= 0.3 is 0 Å². The van der Waals surface area contributed by atoms with Crippen molar-refractivity contribution in [1.29, 1.82) is 0 Å². The molecule has 0 aliphatic rings. The van der Waals surface area contributed by atoms with E-state index in [-0.39, 0.29) is 11.7 Å². The van der Waals surface area contributed by atoms with Crippen LogP contribution in [0.4, 0.5) is 5.69 Å². The number of carbonyl (C=O) groups excluding carboxylic acids is 1. The molecule has 1 amide bonds. The molecule has 2 aromatic carbocycles. The van der Waals surface area contributed by atoms with Crippen LogP contribution in [0, 0.1) is 13.8 Å². The van der Waals surface area contributed by atoms with Gasteiger partial charge < -0.3 is 10.2 Å². The van der Waals surface area contributed by atoms with Gasteiger partial charge in [0.15, 0.2) is 0 Å². The van der Waals surface area contributed by atoms with Crippen LogP contribution in [0.2, 0.25) is 0 Å². The lowest BCUT2D eigenvalue weighted by molar-refractivity contribution is -0.118. The molecule has 146 valence electrons. The molecule has 0 aliphatic heterocycles. The number of nitrogens with one attached hydrogen (secondary N) is 1. The molecule has 0 atom stereocenters. The molecule has 1 N–H and O–H groups in total. The topological polar surface area (TPSA) is 75.9 Å². The summed E-state index contributed by atoms with van der Waals surface area (Å²) in [6, 6.07) is 14.1. The fourth-order valence-electron chi connectivity index (χ4n) is 2.68. The van der Waals surface area contributed by atoms with Gasteiger partial charge in [0.05, 0.1) is 11.4 Å². The summed E-state index contributed by atoms with van der Waals surface area (Å²) in [6.07, 6.45) is 0. The minimum atomic E-state index is -0.0581. The number of rotatable bonds is 7. The number of hydrogen-bond acceptors (Lipinski definition) is 6. The van der Waals surface area contributed by atoms with Crippen LogP contribution >= 0.6 is 11.8 Å². The maximum Gasteiger partial charge on any atom is 0.230 e. The van der Waals surface area contributed by atoms with Crippen molar-refractivity contribution in [3.63, 3.8) is 0 Å². The normalized spacial score (nSPS) is 10.7. The molecule has 0 aliphatic carbocycles. The quantitative estimate of drug-likeness (QED) is 0.619. The van der Waals surface area contributed by atoms with E-state index in [1.54, 1.807) is 4.68 Å². The molecule has 0 radical (unpaired) electrons. The van der Waals surface area contributed by atoms with Crippen LogP contribution in [0.1, 0.15) is 16.7 Å². The van der Waals surface area contributed by atoms with E-state index in [2.05, 4.69) is 33.8 Å². The number of amides is 1. The molecular weight excluding hydrogens is 372 g/mol. The zero-order chi connectivity index (χ0) is 20.1. The van der Waals surface area contributed by atoms with E-state index < -0.39 is 0 Å². The molecule has 0 bridgehead atoms. The van der Waals surface area contributed by atoms with E-state index in [1.807, 2.05) is 62.3 Å². The molecule has 28 heavy (non-hydrogen) atoms. The second-order valence-electron chi connectivity index (χ2n) is 6.72. The number of thioether (sulfide) groups is 1. The highest BCUT2D eigenvalue weighted by atomic mass is 32.2. The van der Waals surface area contributed by atoms with Crippen LogP contribution in [0.5, 0.6) is 0 Å². The lowest BCUT2D eigenvalue weighted by Crippen LogP contribution is -2.24. The Kier molecular flexibility index (Phi) is 6.30. The van der Waals surface area contributed by atoms with Gasteiger partial charge in [-0.1, -0.05) is 36.0 Å². The Hall–Kier alpha value is -2.87. The number of tetrazole rings is 1. The highest BCUT2D eigenvalue weighted by Crippen LogP contribution is 2.22. The van der Waals surface area contributed by atoms with Crippen LogP contribution in [0.15, 0.2) is 47.6 Å². The first-order valence-corrected chi connectivity index (χ1v) is 9.95. The summed E-state index contributed by atoms with van der Waals surface area (Å²) < 4.78 is 1.68. The van der Waals surface area contributed by atoms with Crippen LogP contribution in [-0.4, -0.2) is 46.0 Å². The van der Waals surface area contributed by atoms with Gasteiger partial charge in [0.1, 0.15) is 0 Å². The maximum atomic E-state index is 12.2. The fourth-order valence-corrected chi connectivity index (χ4v) is 3.39. The summed E-state index contributed by atoms with van der Waals surface area (Å²) in [5, 5.41) is 15.4. The Bertz CT molecular complexity index is 952. The van der Waals surface area contributed by atoms with Crippen LogP contribution in [-0.2, 0) is 11.3 Å². The van der Waals surface area contributed by atoms with Crippen LogP contribution in [0.3, 0.4) is 0 Å². The molecule has 0 fully saturated rings. The highest BCUT2D eigenvalue weighted by molar-refractivity contribution is 7.99. The molecule has 1 aromatic heterocycles. The lowest BCUT2D eigenvalue weighted by atomic mass is 10.1. The third kappa shape index (κ3) is 4.69. The Morgan fingerprint density at radius 3 is 2.61 bits per heavy atom. The van der Waals surface area contributed by atoms with Gasteiger partial charge in [-0.05, 0) is 59.2 Å². The van der Waals surface area contributed by atoms with E-state index in [0.29, 0.717) is 11.7 Å². The highest BCUT2D eigenvalue weighted by Gasteiger charge is 2.13. The number of aromatic nitrogens is 4. The minimum Gasteiger partial charge on any atom is -0.378 e. The molecular formula is C20H24N6OS. The summed E-state index contributed by atoms with van der Waals surface area (Å²) >= 11 is 1.32. The van der Waals surface area contributed by atoms with Crippen molar-refractivity contribution < 1.29 is 4.79 Å². The molecule has 7 nitrogen and oxygen atoms in total. The lowest BCUT2D eigenvalue weighted by Gasteiger charge is -2.13. The second kappa shape index (κ2) is 8.88. The first kappa shape index (κ1) is 19.9. The molecule has 0 spiro atoms. The van der Waals surface area contributed by atoms with E-state index in [1.165, 1.54) is 17.3 Å². The van der Waals surface area contributed by atoms with Crippen molar-refractivity contribution in [3.05, 3.63) is 59.2 Å². The third-order valence-electron chi connectivity index (χ3n) is 4.52. The zero-order valence-electron chi connectivity index (χ0n) is 16.5. The average molecular weight is 397 g/mol. The second-order valence-corrected chi connectivity index (χ2v) is 7.66. The maximum absolute atomic E-state index is 12.2. The van der Waals surface area contributed by atoms with Gasteiger partial charge in [-0.25, -0.2) is 0 Å². The van der Waals surface area contributed by atoms with E-state index in [9.17, 15) is 4.79 Å². The zero-order valence-corrected chi connectivity index (χ0v) is 17.3. The van der Waals surface area contributed by atoms with Crippen molar-refractivity contribution >= 4 is 23.4 Å². The number of nitrogens with zero attached hydrogens (tertiary/aromatic N) is 5. The average Bonchev–Trinajstić information content (AvgIpc) is 3.15. The molecule has 0 saturated heterocycles. The summed E-state index contributed by atoms with van der Waals surface area (Å²) in [4.78, 5) is 14.3. The summed E-state index contributed by atoms with van der Waals surface area (Å²) in [5.74, 6) is 0.193.